The first-order valence-electron chi connectivity index (χ1n) is 5.68. The molecule has 2 aromatic rings. The van der Waals surface area contributed by atoms with E-state index in [9.17, 15) is 12.8 Å². The molecule has 1 aromatic carbocycles. The van der Waals surface area contributed by atoms with E-state index in [0.717, 1.165) is 6.07 Å². The number of nitrogens with two attached hydrogens (primary N) is 1. The van der Waals surface area contributed by atoms with Crippen LogP contribution >= 0.6 is 0 Å². The molecule has 5 nitrogen and oxygen atoms in total. The molecule has 0 atom stereocenters. The number of anilines is 1. The Morgan fingerprint density at radius 3 is 2.70 bits per heavy atom. The average molecular weight is 296 g/mol. The van der Waals surface area contributed by atoms with Crippen molar-refractivity contribution >= 4 is 15.5 Å². The maximum Gasteiger partial charge on any atom is 0.184 e. The summed E-state index contributed by atoms with van der Waals surface area (Å²) in [6.07, 6.45) is 2.57. The van der Waals surface area contributed by atoms with E-state index in [1.165, 1.54) is 37.7 Å². The van der Waals surface area contributed by atoms with E-state index in [2.05, 4.69) is 4.98 Å². The van der Waals surface area contributed by atoms with Crippen LogP contribution in [0.25, 0.3) is 0 Å². The Morgan fingerprint density at radius 1 is 1.35 bits per heavy atom. The maximum atomic E-state index is 13.8. The highest BCUT2D eigenvalue weighted by Gasteiger charge is 2.20. The molecule has 1 heterocycles. The summed E-state index contributed by atoms with van der Waals surface area (Å²) in [5.41, 5.74) is 5.69. The van der Waals surface area contributed by atoms with Gasteiger partial charge in [0.2, 0.25) is 0 Å². The van der Waals surface area contributed by atoms with Gasteiger partial charge in [0.05, 0.1) is 29.6 Å². The zero-order chi connectivity index (χ0) is 14.8. The highest BCUT2D eigenvalue weighted by Crippen LogP contribution is 2.24. The quantitative estimate of drug-likeness (QED) is 0.930. The molecule has 0 saturated carbocycles. The number of aromatic nitrogens is 1. The van der Waals surface area contributed by atoms with Crippen molar-refractivity contribution in [3.63, 3.8) is 0 Å². The van der Waals surface area contributed by atoms with Gasteiger partial charge in [0.25, 0.3) is 0 Å². The molecule has 0 aliphatic rings. The number of methoxy groups -OCH3 is 1. The Hall–Kier alpha value is -2.15. The van der Waals surface area contributed by atoms with Gasteiger partial charge in [-0.2, -0.15) is 0 Å². The number of ether oxygens (including phenoxy) is 1. The molecule has 0 saturated heterocycles. The third kappa shape index (κ3) is 2.88. The minimum absolute atomic E-state index is 0.0430. The first-order chi connectivity index (χ1) is 9.44. The molecule has 0 radical (unpaired) electrons. The van der Waals surface area contributed by atoms with Crippen LogP contribution in [0.3, 0.4) is 0 Å². The molecule has 0 spiro atoms. The normalized spacial score (nSPS) is 11.3. The second kappa shape index (κ2) is 5.46. The van der Waals surface area contributed by atoms with Gasteiger partial charge in [0.1, 0.15) is 11.6 Å². The molecule has 0 aliphatic heterocycles. The van der Waals surface area contributed by atoms with Gasteiger partial charge < -0.3 is 10.5 Å². The third-order valence-electron chi connectivity index (χ3n) is 2.75. The predicted molar refractivity (Wildman–Crippen MR) is 72.5 cm³/mol. The Labute approximate surface area is 116 Å². The van der Waals surface area contributed by atoms with Crippen LogP contribution in [0.5, 0.6) is 5.75 Å². The maximum absolute atomic E-state index is 13.8. The molecular formula is C13H13FN2O3S. The van der Waals surface area contributed by atoms with E-state index in [0.29, 0.717) is 5.75 Å². The summed E-state index contributed by atoms with van der Waals surface area (Å²) in [6.45, 7) is 0. The van der Waals surface area contributed by atoms with Crippen LogP contribution in [0.2, 0.25) is 0 Å². The van der Waals surface area contributed by atoms with Gasteiger partial charge in [-0.3, -0.25) is 4.98 Å². The number of sulfone groups is 1. The van der Waals surface area contributed by atoms with Gasteiger partial charge in [-0.15, -0.1) is 0 Å². The molecule has 2 rings (SSSR count). The summed E-state index contributed by atoms with van der Waals surface area (Å²) in [6, 6.07) is 5.32. The Morgan fingerprint density at radius 2 is 2.10 bits per heavy atom. The zero-order valence-corrected chi connectivity index (χ0v) is 11.5. The fraction of sp³-hybridized carbons (Fsp3) is 0.154. The first-order valence-corrected chi connectivity index (χ1v) is 7.34. The summed E-state index contributed by atoms with van der Waals surface area (Å²) in [5.74, 6) is -0.788. The second-order valence-corrected chi connectivity index (χ2v) is 6.09. The Bertz CT molecular complexity index is 732. The number of halogens is 1. The monoisotopic (exact) mass is 296 g/mol. The molecule has 0 unspecified atom stereocenters. The average Bonchev–Trinajstić information content (AvgIpc) is 2.41. The van der Waals surface area contributed by atoms with E-state index >= 15 is 0 Å². The Balaban J connectivity index is 2.36. The summed E-state index contributed by atoms with van der Waals surface area (Å²) < 4.78 is 43.1. The molecule has 0 amide bonds. The number of rotatable bonds is 4. The van der Waals surface area contributed by atoms with Crippen molar-refractivity contribution in [2.75, 3.05) is 12.8 Å². The summed E-state index contributed by atoms with van der Waals surface area (Å²) in [4.78, 5) is 3.67. The molecule has 0 bridgehead atoms. The topological polar surface area (TPSA) is 82.3 Å². The summed E-state index contributed by atoms with van der Waals surface area (Å²) in [7, 11) is -2.33. The van der Waals surface area contributed by atoms with Crippen LogP contribution in [-0.4, -0.2) is 20.5 Å². The van der Waals surface area contributed by atoms with E-state index in [4.69, 9.17) is 10.5 Å². The molecular weight excluding hydrogens is 283 g/mol. The van der Waals surface area contributed by atoms with E-state index in [1.807, 2.05) is 0 Å². The van der Waals surface area contributed by atoms with E-state index in [-0.39, 0.29) is 16.1 Å². The number of hydrogen-bond acceptors (Lipinski definition) is 5. The van der Waals surface area contributed by atoms with Crippen LogP contribution in [0, 0.1) is 5.82 Å². The van der Waals surface area contributed by atoms with Crippen LogP contribution in [0.1, 0.15) is 5.56 Å². The van der Waals surface area contributed by atoms with Crippen LogP contribution in [0.4, 0.5) is 10.1 Å². The Kier molecular flexibility index (Phi) is 3.89. The van der Waals surface area contributed by atoms with Crippen molar-refractivity contribution in [1.82, 2.24) is 4.98 Å². The van der Waals surface area contributed by atoms with Crippen molar-refractivity contribution in [3.8, 4) is 5.75 Å². The summed E-state index contributed by atoms with van der Waals surface area (Å²) >= 11 is 0. The smallest absolute Gasteiger partial charge is 0.184 e. The number of benzene rings is 1. The number of nitrogen functional groups attached to an aromatic ring is 1. The molecule has 0 fully saturated rings. The largest absolute Gasteiger partial charge is 0.497 e. The zero-order valence-electron chi connectivity index (χ0n) is 10.7. The van der Waals surface area contributed by atoms with Crippen molar-refractivity contribution in [2.45, 2.75) is 10.6 Å². The predicted octanol–water partition coefficient (Wildman–Crippen LogP) is 1.79. The number of pyridine rings is 1. The summed E-state index contributed by atoms with van der Waals surface area (Å²) in [5, 5.41) is 0. The minimum atomic E-state index is -3.73. The van der Waals surface area contributed by atoms with Crippen LogP contribution in [0.15, 0.2) is 41.6 Å². The SMILES string of the molecule is COc1ccc(CS(=O)(=O)c2ccncc2N)c(F)c1. The lowest BCUT2D eigenvalue weighted by molar-refractivity contribution is 0.411. The third-order valence-corrected chi connectivity index (χ3v) is 4.48. The molecule has 2 N–H and O–H groups in total. The molecule has 106 valence electrons. The molecule has 1 aromatic heterocycles. The van der Waals surface area contributed by atoms with Gasteiger partial charge in [-0.1, -0.05) is 6.07 Å². The van der Waals surface area contributed by atoms with E-state index < -0.39 is 21.4 Å². The lowest BCUT2D eigenvalue weighted by Crippen LogP contribution is -2.09. The van der Waals surface area contributed by atoms with E-state index in [1.54, 1.807) is 0 Å². The standard InChI is InChI=1S/C13H13FN2O3S/c1-19-10-3-2-9(11(14)6-10)8-20(17,18)13-4-5-16-7-12(13)15/h2-7H,8,15H2,1H3. The number of hydrogen-bond donors (Lipinski definition) is 1. The number of nitrogens with zero attached hydrogens (tertiary/aromatic N) is 1. The molecule has 20 heavy (non-hydrogen) atoms. The first kappa shape index (κ1) is 14.3. The molecule has 0 aliphatic carbocycles. The second-order valence-electron chi connectivity index (χ2n) is 4.13. The lowest BCUT2D eigenvalue weighted by atomic mass is 10.2. The molecule has 7 heteroatoms. The van der Waals surface area contributed by atoms with Gasteiger partial charge in [-0.05, 0) is 12.1 Å². The van der Waals surface area contributed by atoms with Crippen LogP contribution in [-0.2, 0) is 15.6 Å². The van der Waals surface area contributed by atoms with Crippen molar-refractivity contribution in [3.05, 3.63) is 48.0 Å². The highest BCUT2D eigenvalue weighted by molar-refractivity contribution is 7.90. The van der Waals surface area contributed by atoms with Gasteiger partial charge in [0.15, 0.2) is 9.84 Å². The van der Waals surface area contributed by atoms with Crippen molar-refractivity contribution in [2.24, 2.45) is 0 Å². The van der Waals surface area contributed by atoms with Crippen LogP contribution < -0.4 is 10.5 Å². The lowest BCUT2D eigenvalue weighted by Gasteiger charge is -2.08. The fourth-order valence-corrected chi connectivity index (χ4v) is 3.21. The van der Waals surface area contributed by atoms with Crippen molar-refractivity contribution < 1.29 is 17.5 Å². The van der Waals surface area contributed by atoms with Gasteiger partial charge >= 0.3 is 0 Å². The highest BCUT2D eigenvalue weighted by atomic mass is 32.2. The minimum Gasteiger partial charge on any atom is -0.497 e. The fourth-order valence-electron chi connectivity index (χ4n) is 1.73. The van der Waals surface area contributed by atoms with Crippen molar-refractivity contribution in [1.29, 1.82) is 0 Å². The van der Waals surface area contributed by atoms with Gasteiger partial charge in [0, 0.05) is 17.8 Å². The van der Waals surface area contributed by atoms with Gasteiger partial charge in [-0.25, -0.2) is 12.8 Å².